The van der Waals surface area contributed by atoms with Gasteiger partial charge in [-0.15, -0.1) is 0 Å². The van der Waals surface area contributed by atoms with E-state index in [1.807, 2.05) is 37.5 Å². The predicted octanol–water partition coefficient (Wildman–Crippen LogP) is 1.52. The van der Waals surface area contributed by atoms with E-state index < -0.39 is 6.04 Å². The quantitative estimate of drug-likeness (QED) is 0.748. The SMILES string of the molecule is CNC(C(=O)NCC(c1ccc(Cl)cc1)N1CCOCC1)c1cnn(C)c1. The Balaban J connectivity index is 1.71. The fourth-order valence-electron chi connectivity index (χ4n) is 3.37. The molecule has 8 heteroatoms. The molecule has 7 nitrogen and oxygen atoms in total. The molecule has 0 spiro atoms. The van der Waals surface area contributed by atoms with Crippen molar-refractivity contribution >= 4 is 17.5 Å². The summed E-state index contributed by atoms with van der Waals surface area (Å²) in [5, 5.41) is 11.0. The summed E-state index contributed by atoms with van der Waals surface area (Å²) in [4.78, 5) is 15.1. The van der Waals surface area contributed by atoms with Gasteiger partial charge in [-0.3, -0.25) is 14.4 Å². The molecule has 3 rings (SSSR count). The molecule has 1 fully saturated rings. The average Bonchev–Trinajstić information content (AvgIpc) is 3.11. The standard InChI is InChI=1S/C19H26ClN5O2/c1-21-18(15-11-23-24(2)13-15)19(26)22-12-17(25-7-9-27-10-8-25)14-3-5-16(20)6-4-14/h3-6,11,13,17-18,21H,7-10,12H2,1-2H3,(H,22,26). The van der Waals surface area contributed by atoms with Crippen LogP contribution in [0.2, 0.25) is 5.02 Å². The molecule has 2 N–H and O–H groups in total. The molecule has 2 aromatic rings. The number of likely N-dealkylation sites (N-methyl/N-ethyl adjacent to an activating group) is 1. The van der Waals surface area contributed by atoms with Gasteiger partial charge in [-0.2, -0.15) is 5.10 Å². The smallest absolute Gasteiger partial charge is 0.241 e. The van der Waals surface area contributed by atoms with Crippen molar-refractivity contribution in [2.24, 2.45) is 7.05 Å². The number of ether oxygens (including phenoxy) is 1. The molecular formula is C19H26ClN5O2. The predicted molar refractivity (Wildman–Crippen MR) is 105 cm³/mol. The molecule has 1 aliphatic rings. The third-order valence-corrected chi connectivity index (χ3v) is 5.07. The zero-order chi connectivity index (χ0) is 19.2. The second-order valence-electron chi connectivity index (χ2n) is 6.63. The van der Waals surface area contributed by atoms with E-state index in [4.69, 9.17) is 16.3 Å². The van der Waals surface area contributed by atoms with Gasteiger partial charge in [0.05, 0.1) is 25.5 Å². The van der Waals surface area contributed by atoms with E-state index >= 15 is 0 Å². The summed E-state index contributed by atoms with van der Waals surface area (Å²) in [6.07, 6.45) is 3.55. The summed E-state index contributed by atoms with van der Waals surface area (Å²) >= 11 is 6.04. The van der Waals surface area contributed by atoms with Gasteiger partial charge in [0.2, 0.25) is 5.91 Å². The third kappa shape index (κ3) is 5.07. The van der Waals surface area contributed by atoms with Crippen LogP contribution in [-0.2, 0) is 16.6 Å². The molecule has 0 saturated carbocycles. The van der Waals surface area contributed by atoms with Crippen LogP contribution in [0.5, 0.6) is 0 Å². The Morgan fingerprint density at radius 3 is 2.56 bits per heavy atom. The van der Waals surface area contributed by atoms with Crippen molar-refractivity contribution < 1.29 is 9.53 Å². The number of benzene rings is 1. The van der Waals surface area contributed by atoms with Crippen LogP contribution in [0.25, 0.3) is 0 Å². The van der Waals surface area contributed by atoms with Gasteiger partial charge in [0, 0.05) is 43.5 Å². The molecular weight excluding hydrogens is 366 g/mol. The van der Waals surface area contributed by atoms with Crippen LogP contribution < -0.4 is 10.6 Å². The molecule has 1 amide bonds. The van der Waals surface area contributed by atoms with Gasteiger partial charge in [0.1, 0.15) is 6.04 Å². The number of nitrogens with one attached hydrogen (secondary N) is 2. The lowest BCUT2D eigenvalue weighted by Gasteiger charge is -2.35. The van der Waals surface area contributed by atoms with Gasteiger partial charge in [-0.25, -0.2) is 0 Å². The lowest BCUT2D eigenvalue weighted by Crippen LogP contribution is -2.45. The Hall–Kier alpha value is -1.93. The average molecular weight is 392 g/mol. The highest BCUT2D eigenvalue weighted by Gasteiger charge is 2.25. The Labute approximate surface area is 164 Å². The van der Waals surface area contributed by atoms with Crippen molar-refractivity contribution in [3.63, 3.8) is 0 Å². The second-order valence-corrected chi connectivity index (χ2v) is 7.07. The minimum absolute atomic E-state index is 0.0709. The normalized spacial score (nSPS) is 17.4. The molecule has 0 radical (unpaired) electrons. The first-order valence-electron chi connectivity index (χ1n) is 9.09. The van der Waals surface area contributed by atoms with Crippen LogP contribution >= 0.6 is 11.6 Å². The molecule has 1 aliphatic heterocycles. The minimum Gasteiger partial charge on any atom is -0.379 e. The lowest BCUT2D eigenvalue weighted by atomic mass is 10.0. The number of hydrogen-bond donors (Lipinski definition) is 2. The second kappa shape index (κ2) is 9.32. The van der Waals surface area contributed by atoms with Gasteiger partial charge in [-0.05, 0) is 24.7 Å². The van der Waals surface area contributed by atoms with Gasteiger partial charge < -0.3 is 15.4 Å². The molecule has 0 aliphatic carbocycles. The molecule has 1 saturated heterocycles. The van der Waals surface area contributed by atoms with Crippen LogP contribution in [0.3, 0.4) is 0 Å². The van der Waals surface area contributed by atoms with Gasteiger partial charge >= 0.3 is 0 Å². The largest absolute Gasteiger partial charge is 0.379 e. The Morgan fingerprint density at radius 1 is 1.26 bits per heavy atom. The van der Waals surface area contributed by atoms with E-state index in [0.29, 0.717) is 24.8 Å². The van der Waals surface area contributed by atoms with Crippen LogP contribution in [-0.4, -0.2) is 60.5 Å². The van der Waals surface area contributed by atoms with Crippen molar-refractivity contribution in [3.8, 4) is 0 Å². The topological polar surface area (TPSA) is 71.4 Å². The van der Waals surface area contributed by atoms with Crippen LogP contribution in [0, 0.1) is 0 Å². The first-order valence-corrected chi connectivity index (χ1v) is 9.47. The van der Waals surface area contributed by atoms with Crippen molar-refractivity contribution in [1.29, 1.82) is 0 Å². The number of halogens is 1. The fourth-order valence-corrected chi connectivity index (χ4v) is 3.50. The fraction of sp³-hybridized carbons (Fsp3) is 0.474. The number of nitrogens with zero attached hydrogens (tertiary/aromatic N) is 3. The van der Waals surface area contributed by atoms with Gasteiger partial charge in [-0.1, -0.05) is 23.7 Å². The monoisotopic (exact) mass is 391 g/mol. The highest BCUT2D eigenvalue weighted by molar-refractivity contribution is 6.30. The molecule has 2 atom stereocenters. The van der Waals surface area contributed by atoms with E-state index in [1.54, 1.807) is 17.9 Å². The van der Waals surface area contributed by atoms with E-state index in [2.05, 4.69) is 20.6 Å². The van der Waals surface area contributed by atoms with E-state index in [-0.39, 0.29) is 11.9 Å². The van der Waals surface area contributed by atoms with Crippen LogP contribution in [0.15, 0.2) is 36.7 Å². The Bertz CT molecular complexity index is 743. The first-order chi connectivity index (χ1) is 13.1. The molecule has 2 unspecified atom stereocenters. The maximum absolute atomic E-state index is 12.8. The van der Waals surface area contributed by atoms with Gasteiger partial charge in [0.15, 0.2) is 0 Å². The summed E-state index contributed by atoms with van der Waals surface area (Å²) < 4.78 is 7.17. The van der Waals surface area contributed by atoms with Crippen molar-refractivity contribution in [1.82, 2.24) is 25.3 Å². The Kier molecular flexibility index (Phi) is 6.84. The maximum atomic E-state index is 12.8. The highest BCUT2D eigenvalue weighted by atomic mass is 35.5. The molecule has 1 aromatic carbocycles. The number of rotatable bonds is 7. The molecule has 27 heavy (non-hydrogen) atoms. The number of amides is 1. The maximum Gasteiger partial charge on any atom is 0.241 e. The van der Waals surface area contributed by atoms with Crippen LogP contribution in [0.1, 0.15) is 23.2 Å². The third-order valence-electron chi connectivity index (χ3n) is 4.82. The van der Waals surface area contributed by atoms with E-state index in [1.165, 1.54) is 0 Å². The summed E-state index contributed by atoms with van der Waals surface area (Å²) in [6, 6.07) is 7.45. The zero-order valence-corrected chi connectivity index (χ0v) is 16.4. The number of hydrogen-bond acceptors (Lipinski definition) is 5. The molecule has 146 valence electrons. The van der Waals surface area contributed by atoms with Crippen molar-refractivity contribution in [2.45, 2.75) is 12.1 Å². The number of aromatic nitrogens is 2. The van der Waals surface area contributed by atoms with Gasteiger partial charge in [0.25, 0.3) is 0 Å². The lowest BCUT2D eigenvalue weighted by molar-refractivity contribution is -0.123. The first kappa shape index (κ1) is 19.8. The minimum atomic E-state index is -0.436. The molecule has 1 aromatic heterocycles. The summed E-state index contributed by atoms with van der Waals surface area (Å²) in [5.41, 5.74) is 1.97. The van der Waals surface area contributed by atoms with Crippen molar-refractivity contribution in [2.75, 3.05) is 39.9 Å². The molecule has 0 bridgehead atoms. The number of morpholine rings is 1. The number of carbonyl (C=O) groups is 1. The summed E-state index contributed by atoms with van der Waals surface area (Å²) in [6.45, 7) is 3.58. The molecule has 2 heterocycles. The summed E-state index contributed by atoms with van der Waals surface area (Å²) in [7, 11) is 3.61. The summed E-state index contributed by atoms with van der Waals surface area (Å²) in [5.74, 6) is -0.0716. The highest BCUT2D eigenvalue weighted by Crippen LogP contribution is 2.23. The number of carbonyl (C=O) groups excluding carboxylic acids is 1. The van der Waals surface area contributed by atoms with E-state index in [9.17, 15) is 4.79 Å². The van der Waals surface area contributed by atoms with Crippen molar-refractivity contribution in [3.05, 3.63) is 52.8 Å². The zero-order valence-electron chi connectivity index (χ0n) is 15.7. The number of aryl methyl sites for hydroxylation is 1. The van der Waals surface area contributed by atoms with E-state index in [0.717, 1.165) is 24.2 Å². The Morgan fingerprint density at radius 2 is 1.96 bits per heavy atom. The van der Waals surface area contributed by atoms with Crippen LogP contribution in [0.4, 0.5) is 0 Å².